The maximum absolute atomic E-state index is 12.4. The molecule has 2 aromatic rings. The van der Waals surface area contributed by atoms with Crippen LogP contribution in [0.15, 0.2) is 48.5 Å². The third-order valence-corrected chi connectivity index (χ3v) is 3.96. The highest BCUT2D eigenvalue weighted by Gasteiger charge is 2.23. The Morgan fingerprint density at radius 2 is 1.79 bits per heavy atom. The van der Waals surface area contributed by atoms with Crippen LogP contribution in [-0.4, -0.2) is 23.6 Å². The summed E-state index contributed by atoms with van der Waals surface area (Å²) in [6, 6.07) is 13.6. The van der Waals surface area contributed by atoms with Crippen LogP contribution in [0.5, 0.6) is 5.75 Å². The molecule has 2 aromatic carbocycles. The lowest BCUT2D eigenvalue weighted by Crippen LogP contribution is -2.23. The van der Waals surface area contributed by atoms with Crippen molar-refractivity contribution in [2.45, 2.75) is 19.4 Å². The van der Waals surface area contributed by atoms with Crippen LogP contribution in [0.25, 0.3) is 0 Å². The van der Waals surface area contributed by atoms with E-state index in [1.807, 2.05) is 6.07 Å². The first kappa shape index (κ1) is 16.1. The van der Waals surface area contributed by atoms with Crippen molar-refractivity contribution in [1.29, 1.82) is 0 Å². The summed E-state index contributed by atoms with van der Waals surface area (Å²) in [5.41, 5.74) is 1.58. The van der Waals surface area contributed by atoms with Crippen molar-refractivity contribution in [3.8, 4) is 5.75 Å². The maximum atomic E-state index is 12.4. The summed E-state index contributed by atoms with van der Waals surface area (Å²) >= 11 is 0. The SMILES string of the molecule is O=C(O)c1ccc(CNC(=O)c2ccccc2OCC2CC2)cc1. The third-order valence-electron chi connectivity index (χ3n) is 3.96. The molecule has 1 fully saturated rings. The van der Waals surface area contributed by atoms with Gasteiger partial charge >= 0.3 is 5.97 Å². The summed E-state index contributed by atoms with van der Waals surface area (Å²) in [5, 5.41) is 11.7. The van der Waals surface area contributed by atoms with Crippen molar-refractivity contribution in [2.75, 3.05) is 6.61 Å². The molecule has 1 saturated carbocycles. The van der Waals surface area contributed by atoms with Gasteiger partial charge in [0, 0.05) is 6.54 Å². The fourth-order valence-corrected chi connectivity index (χ4v) is 2.31. The number of para-hydroxylation sites is 1. The lowest BCUT2D eigenvalue weighted by molar-refractivity contribution is 0.0696. The second-order valence-electron chi connectivity index (χ2n) is 5.94. The molecule has 0 aliphatic heterocycles. The molecule has 124 valence electrons. The van der Waals surface area contributed by atoms with E-state index in [0.717, 1.165) is 5.56 Å². The number of carbonyl (C=O) groups is 2. The number of amides is 1. The Bertz CT molecular complexity index is 735. The Labute approximate surface area is 140 Å². The molecule has 0 saturated heterocycles. The Kier molecular flexibility index (Phi) is 4.79. The number of carboxylic acids is 1. The largest absolute Gasteiger partial charge is 0.492 e. The predicted octanol–water partition coefficient (Wildman–Crippen LogP) is 3.10. The smallest absolute Gasteiger partial charge is 0.335 e. The molecular weight excluding hydrogens is 306 g/mol. The summed E-state index contributed by atoms with van der Waals surface area (Å²) in [7, 11) is 0. The first-order valence-corrected chi connectivity index (χ1v) is 7.96. The van der Waals surface area contributed by atoms with Gasteiger partial charge in [-0.3, -0.25) is 4.79 Å². The minimum atomic E-state index is -0.965. The van der Waals surface area contributed by atoms with Crippen LogP contribution in [-0.2, 0) is 6.54 Å². The molecule has 0 atom stereocenters. The molecule has 0 heterocycles. The zero-order valence-corrected chi connectivity index (χ0v) is 13.2. The van der Waals surface area contributed by atoms with Crippen LogP contribution in [0.1, 0.15) is 39.1 Å². The molecule has 3 rings (SSSR count). The second kappa shape index (κ2) is 7.17. The average molecular weight is 325 g/mol. The van der Waals surface area contributed by atoms with Crippen molar-refractivity contribution < 1.29 is 19.4 Å². The van der Waals surface area contributed by atoms with E-state index in [1.165, 1.54) is 25.0 Å². The number of nitrogens with one attached hydrogen (secondary N) is 1. The molecule has 0 unspecified atom stereocenters. The van der Waals surface area contributed by atoms with Gasteiger partial charge in [-0.2, -0.15) is 0 Å². The predicted molar refractivity (Wildman–Crippen MR) is 89.2 cm³/mol. The van der Waals surface area contributed by atoms with E-state index in [-0.39, 0.29) is 11.5 Å². The van der Waals surface area contributed by atoms with Crippen molar-refractivity contribution in [3.63, 3.8) is 0 Å². The van der Waals surface area contributed by atoms with Crippen LogP contribution in [0, 0.1) is 5.92 Å². The number of rotatable bonds is 7. The van der Waals surface area contributed by atoms with E-state index in [4.69, 9.17) is 9.84 Å². The van der Waals surface area contributed by atoms with Crippen LogP contribution in [0.2, 0.25) is 0 Å². The molecule has 1 amide bonds. The number of ether oxygens (including phenoxy) is 1. The summed E-state index contributed by atoms with van der Waals surface area (Å²) < 4.78 is 5.75. The first-order valence-electron chi connectivity index (χ1n) is 7.96. The Hall–Kier alpha value is -2.82. The zero-order chi connectivity index (χ0) is 16.9. The van der Waals surface area contributed by atoms with E-state index in [2.05, 4.69) is 5.32 Å². The number of aromatic carboxylic acids is 1. The minimum absolute atomic E-state index is 0.205. The molecule has 5 heteroatoms. The topological polar surface area (TPSA) is 75.6 Å². The Balaban J connectivity index is 1.60. The van der Waals surface area contributed by atoms with E-state index < -0.39 is 5.97 Å². The van der Waals surface area contributed by atoms with Gasteiger partial charge in [0.25, 0.3) is 5.91 Å². The van der Waals surface area contributed by atoms with Crippen molar-refractivity contribution >= 4 is 11.9 Å². The summed E-state index contributed by atoms with van der Waals surface area (Å²) in [5.74, 6) is 0.0491. The van der Waals surface area contributed by atoms with Gasteiger partial charge < -0.3 is 15.2 Å². The van der Waals surface area contributed by atoms with Crippen LogP contribution in [0.4, 0.5) is 0 Å². The van der Waals surface area contributed by atoms with Gasteiger partial charge in [0.15, 0.2) is 0 Å². The number of hydrogen-bond acceptors (Lipinski definition) is 3. The zero-order valence-electron chi connectivity index (χ0n) is 13.2. The van der Waals surface area contributed by atoms with Gasteiger partial charge in [-0.25, -0.2) is 4.79 Å². The quantitative estimate of drug-likeness (QED) is 0.820. The number of carboxylic acid groups (broad SMARTS) is 1. The number of hydrogen-bond donors (Lipinski definition) is 2. The van der Waals surface area contributed by atoms with E-state index in [0.29, 0.717) is 30.4 Å². The van der Waals surface area contributed by atoms with E-state index in [9.17, 15) is 9.59 Å². The molecule has 5 nitrogen and oxygen atoms in total. The van der Waals surface area contributed by atoms with Gasteiger partial charge in [-0.1, -0.05) is 24.3 Å². The third kappa shape index (κ3) is 4.13. The molecule has 24 heavy (non-hydrogen) atoms. The van der Waals surface area contributed by atoms with Gasteiger partial charge in [-0.15, -0.1) is 0 Å². The summed E-state index contributed by atoms with van der Waals surface area (Å²) in [6.45, 7) is 0.983. The first-order chi connectivity index (χ1) is 11.6. The van der Waals surface area contributed by atoms with Crippen LogP contribution < -0.4 is 10.1 Å². The minimum Gasteiger partial charge on any atom is -0.492 e. The molecule has 0 bridgehead atoms. The highest BCUT2D eigenvalue weighted by Crippen LogP contribution is 2.30. The molecule has 1 aliphatic rings. The molecule has 0 radical (unpaired) electrons. The van der Waals surface area contributed by atoms with Gasteiger partial charge in [-0.05, 0) is 48.6 Å². The standard InChI is InChI=1S/C19H19NO4/c21-18(20-11-13-7-9-15(10-8-13)19(22)23)16-3-1-2-4-17(16)24-12-14-5-6-14/h1-4,7-10,14H,5-6,11-12H2,(H,20,21)(H,22,23). The highest BCUT2D eigenvalue weighted by molar-refractivity contribution is 5.96. The van der Waals surface area contributed by atoms with Crippen LogP contribution >= 0.6 is 0 Å². The summed E-state index contributed by atoms with van der Waals surface area (Å²) in [4.78, 5) is 23.2. The van der Waals surface area contributed by atoms with Crippen molar-refractivity contribution in [2.24, 2.45) is 5.92 Å². The highest BCUT2D eigenvalue weighted by atomic mass is 16.5. The van der Waals surface area contributed by atoms with Crippen molar-refractivity contribution in [1.82, 2.24) is 5.32 Å². The number of carbonyl (C=O) groups excluding carboxylic acids is 1. The maximum Gasteiger partial charge on any atom is 0.335 e. The molecule has 1 aliphatic carbocycles. The van der Waals surface area contributed by atoms with Gasteiger partial charge in [0.2, 0.25) is 0 Å². The average Bonchev–Trinajstić information content (AvgIpc) is 3.43. The lowest BCUT2D eigenvalue weighted by Gasteiger charge is -2.11. The molecular formula is C19H19NO4. The van der Waals surface area contributed by atoms with Crippen LogP contribution in [0.3, 0.4) is 0 Å². The molecule has 2 N–H and O–H groups in total. The Morgan fingerprint density at radius 3 is 2.46 bits per heavy atom. The van der Waals surface area contributed by atoms with E-state index >= 15 is 0 Å². The normalized spacial score (nSPS) is 13.3. The lowest BCUT2D eigenvalue weighted by atomic mass is 10.1. The fraction of sp³-hybridized carbons (Fsp3) is 0.263. The summed E-state index contributed by atoms with van der Waals surface area (Å²) in [6.07, 6.45) is 2.39. The van der Waals surface area contributed by atoms with E-state index in [1.54, 1.807) is 30.3 Å². The van der Waals surface area contributed by atoms with Gasteiger partial charge in [0.05, 0.1) is 17.7 Å². The molecule has 0 aromatic heterocycles. The molecule has 0 spiro atoms. The fourth-order valence-electron chi connectivity index (χ4n) is 2.31. The van der Waals surface area contributed by atoms with Crippen molar-refractivity contribution in [3.05, 3.63) is 65.2 Å². The monoisotopic (exact) mass is 325 g/mol. The van der Waals surface area contributed by atoms with Gasteiger partial charge in [0.1, 0.15) is 5.75 Å². The Morgan fingerprint density at radius 1 is 1.08 bits per heavy atom. The second-order valence-corrected chi connectivity index (χ2v) is 5.94. The number of benzene rings is 2.